The predicted octanol–water partition coefficient (Wildman–Crippen LogP) is 1.96. The monoisotopic (exact) mass is 240 g/mol. The summed E-state index contributed by atoms with van der Waals surface area (Å²) in [5.41, 5.74) is 0.432. The minimum atomic E-state index is 0.432. The number of hydrogen-bond donors (Lipinski definition) is 1. The number of piperazine rings is 1. The van der Waals surface area contributed by atoms with Crippen LogP contribution in [-0.2, 0) is 0 Å². The van der Waals surface area contributed by atoms with E-state index in [1.807, 2.05) is 0 Å². The Morgan fingerprint density at radius 2 is 2.25 bits per heavy atom. The molecule has 2 unspecified atom stereocenters. The summed E-state index contributed by atoms with van der Waals surface area (Å²) in [6.07, 6.45) is 5.81. The summed E-state index contributed by atoms with van der Waals surface area (Å²) in [5.74, 6) is 2.36. The molecule has 1 N–H and O–H groups in total. The van der Waals surface area contributed by atoms with Crippen LogP contribution < -0.4 is 5.32 Å². The van der Waals surface area contributed by atoms with E-state index in [4.69, 9.17) is 0 Å². The van der Waals surface area contributed by atoms with Crippen molar-refractivity contribution >= 4 is 11.8 Å². The average Bonchev–Trinajstić information content (AvgIpc) is 3.01. The van der Waals surface area contributed by atoms with Gasteiger partial charge in [0.25, 0.3) is 0 Å². The molecule has 3 rings (SSSR count). The van der Waals surface area contributed by atoms with E-state index in [0.29, 0.717) is 5.54 Å². The molecule has 0 radical (unpaired) electrons. The minimum Gasteiger partial charge on any atom is -0.309 e. The molecule has 92 valence electrons. The molecule has 3 aliphatic rings. The molecule has 0 aromatic heterocycles. The van der Waals surface area contributed by atoms with Gasteiger partial charge in [0, 0.05) is 37.0 Å². The Labute approximate surface area is 104 Å². The highest BCUT2D eigenvalue weighted by Crippen LogP contribution is 2.41. The Morgan fingerprint density at radius 3 is 2.94 bits per heavy atom. The van der Waals surface area contributed by atoms with Crippen molar-refractivity contribution in [2.75, 3.05) is 31.9 Å². The van der Waals surface area contributed by atoms with Gasteiger partial charge in [0.05, 0.1) is 0 Å². The van der Waals surface area contributed by atoms with Gasteiger partial charge in [0.2, 0.25) is 0 Å². The topological polar surface area (TPSA) is 15.3 Å². The third kappa shape index (κ3) is 2.41. The van der Waals surface area contributed by atoms with Crippen molar-refractivity contribution in [2.45, 2.75) is 43.4 Å². The lowest BCUT2D eigenvalue weighted by atomic mass is 9.93. The SMILES string of the molecule is CC1(C2CC2)CN(CC2CCCS2)CCN1. The lowest BCUT2D eigenvalue weighted by Gasteiger charge is -2.42. The first-order valence-electron chi connectivity index (χ1n) is 6.85. The van der Waals surface area contributed by atoms with Crippen molar-refractivity contribution in [1.82, 2.24) is 10.2 Å². The second-order valence-electron chi connectivity index (χ2n) is 5.99. The van der Waals surface area contributed by atoms with Gasteiger partial charge in [-0.15, -0.1) is 0 Å². The largest absolute Gasteiger partial charge is 0.309 e. The summed E-state index contributed by atoms with van der Waals surface area (Å²) < 4.78 is 0. The molecular weight excluding hydrogens is 216 g/mol. The zero-order valence-electron chi connectivity index (χ0n) is 10.4. The minimum absolute atomic E-state index is 0.432. The Morgan fingerprint density at radius 1 is 1.38 bits per heavy atom. The van der Waals surface area contributed by atoms with Gasteiger partial charge in [0.1, 0.15) is 0 Å². The van der Waals surface area contributed by atoms with Crippen LogP contribution in [0.4, 0.5) is 0 Å². The Kier molecular flexibility index (Phi) is 3.20. The molecule has 1 aliphatic carbocycles. The summed E-state index contributed by atoms with van der Waals surface area (Å²) in [6, 6.07) is 0. The highest BCUT2D eigenvalue weighted by atomic mass is 32.2. The van der Waals surface area contributed by atoms with Crippen molar-refractivity contribution in [3.63, 3.8) is 0 Å². The number of hydrogen-bond acceptors (Lipinski definition) is 3. The quantitative estimate of drug-likeness (QED) is 0.812. The van der Waals surface area contributed by atoms with Crippen LogP contribution in [-0.4, -0.2) is 47.6 Å². The number of nitrogens with one attached hydrogen (secondary N) is 1. The third-order valence-corrected chi connectivity index (χ3v) is 5.85. The fourth-order valence-electron chi connectivity index (χ4n) is 3.33. The third-order valence-electron chi connectivity index (χ3n) is 4.47. The normalized spacial score (nSPS) is 41.4. The Balaban J connectivity index is 1.54. The molecule has 2 saturated heterocycles. The lowest BCUT2D eigenvalue weighted by molar-refractivity contribution is 0.127. The van der Waals surface area contributed by atoms with Gasteiger partial charge in [0.15, 0.2) is 0 Å². The van der Waals surface area contributed by atoms with E-state index in [1.165, 1.54) is 57.6 Å². The molecule has 2 aliphatic heterocycles. The molecule has 0 aromatic rings. The van der Waals surface area contributed by atoms with Crippen molar-refractivity contribution in [3.8, 4) is 0 Å². The molecule has 2 nitrogen and oxygen atoms in total. The lowest BCUT2D eigenvalue weighted by Crippen LogP contribution is -2.60. The van der Waals surface area contributed by atoms with Crippen LogP contribution >= 0.6 is 11.8 Å². The van der Waals surface area contributed by atoms with E-state index in [1.54, 1.807) is 0 Å². The van der Waals surface area contributed by atoms with Gasteiger partial charge in [-0.25, -0.2) is 0 Å². The summed E-state index contributed by atoms with van der Waals surface area (Å²) in [7, 11) is 0. The highest BCUT2D eigenvalue weighted by Gasteiger charge is 2.43. The molecule has 0 aromatic carbocycles. The van der Waals surface area contributed by atoms with Crippen molar-refractivity contribution in [2.24, 2.45) is 5.92 Å². The first kappa shape index (κ1) is 11.4. The highest BCUT2D eigenvalue weighted by molar-refractivity contribution is 8.00. The summed E-state index contributed by atoms with van der Waals surface area (Å²) in [4.78, 5) is 2.72. The molecule has 3 heteroatoms. The molecule has 0 spiro atoms. The first-order chi connectivity index (χ1) is 7.76. The van der Waals surface area contributed by atoms with E-state index in [2.05, 4.69) is 28.9 Å². The molecule has 3 fully saturated rings. The van der Waals surface area contributed by atoms with E-state index in [-0.39, 0.29) is 0 Å². The first-order valence-corrected chi connectivity index (χ1v) is 7.90. The molecule has 2 atom stereocenters. The maximum absolute atomic E-state index is 3.76. The van der Waals surface area contributed by atoms with E-state index >= 15 is 0 Å². The number of rotatable bonds is 3. The van der Waals surface area contributed by atoms with Crippen LogP contribution in [0.3, 0.4) is 0 Å². The van der Waals surface area contributed by atoms with Crippen LogP contribution in [0.25, 0.3) is 0 Å². The van der Waals surface area contributed by atoms with Crippen LogP contribution in [0.1, 0.15) is 32.6 Å². The molecule has 1 saturated carbocycles. The standard InChI is InChI=1S/C13H24N2S/c1-13(11-4-5-11)10-15(7-6-14-13)9-12-3-2-8-16-12/h11-12,14H,2-10H2,1H3. The van der Waals surface area contributed by atoms with Gasteiger partial charge < -0.3 is 5.32 Å². The van der Waals surface area contributed by atoms with Gasteiger partial charge >= 0.3 is 0 Å². The van der Waals surface area contributed by atoms with Gasteiger partial charge in [-0.2, -0.15) is 11.8 Å². The summed E-state index contributed by atoms with van der Waals surface area (Å²) in [5, 5.41) is 4.70. The smallest absolute Gasteiger partial charge is 0.0309 e. The molecule has 2 heterocycles. The van der Waals surface area contributed by atoms with Crippen LogP contribution in [0, 0.1) is 5.92 Å². The van der Waals surface area contributed by atoms with Crippen LogP contribution in [0.2, 0.25) is 0 Å². The van der Waals surface area contributed by atoms with Crippen molar-refractivity contribution < 1.29 is 0 Å². The number of thioether (sulfide) groups is 1. The summed E-state index contributed by atoms with van der Waals surface area (Å²) >= 11 is 2.20. The fraction of sp³-hybridized carbons (Fsp3) is 1.00. The second-order valence-corrected chi connectivity index (χ2v) is 7.40. The zero-order valence-corrected chi connectivity index (χ0v) is 11.2. The molecule has 0 amide bonds. The van der Waals surface area contributed by atoms with Crippen LogP contribution in [0.15, 0.2) is 0 Å². The van der Waals surface area contributed by atoms with E-state index in [9.17, 15) is 0 Å². The fourth-order valence-corrected chi connectivity index (χ4v) is 4.64. The maximum atomic E-state index is 3.76. The summed E-state index contributed by atoms with van der Waals surface area (Å²) in [6.45, 7) is 7.53. The average molecular weight is 240 g/mol. The zero-order chi connectivity index (χ0) is 11.0. The maximum Gasteiger partial charge on any atom is 0.0309 e. The Bertz CT molecular complexity index is 248. The molecular formula is C13H24N2S. The second kappa shape index (κ2) is 4.51. The molecule has 0 bridgehead atoms. The number of nitrogens with zero attached hydrogens (tertiary/aromatic N) is 1. The Hall–Kier alpha value is 0.270. The van der Waals surface area contributed by atoms with Crippen LogP contribution in [0.5, 0.6) is 0 Å². The van der Waals surface area contributed by atoms with Gasteiger partial charge in [-0.3, -0.25) is 4.90 Å². The predicted molar refractivity (Wildman–Crippen MR) is 71.1 cm³/mol. The van der Waals surface area contributed by atoms with Gasteiger partial charge in [-0.1, -0.05) is 0 Å². The van der Waals surface area contributed by atoms with E-state index in [0.717, 1.165) is 11.2 Å². The molecule has 16 heavy (non-hydrogen) atoms. The van der Waals surface area contributed by atoms with Crippen molar-refractivity contribution in [1.29, 1.82) is 0 Å². The van der Waals surface area contributed by atoms with Crippen molar-refractivity contribution in [3.05, 3.63) is 0 Å². The van der Waals surface area contributed by atoms with E-state index < -0.39 is 0 Å². The van der Waals surface area contributed by atoms with Gasteiger partial charge in [-0.05, 0) is 44.3 Å².